The van der Waals surface area contributed by atoms with Crippen LogP contribution in [0.1, 0.15) is 133 Å². The number of hydrogen-bond acceptors (Lipinski definition) is 21. The SMILES string of the molecule is CCCCC(CC)Cc1ccc(-c2ccc(-c3ccc(-c4ccc(-c5ccc(-c6cc(-c7ccc(-c8ccc(-c9ccc(-c%10ccc(-c%11ccc(CC(CC)CCCC)s%11)s%10)c%10nsnc9%10)s8)s7)cc(-c7ccc(-c8ccc(-c9ccc(-c%10ccc(-c%11ccc(CC(CC)CCCC)s%11)s%10)c%10nsnc9%10)s8)s7)c6)s5)s4)c4nsnc34)s2)s1. The molecule has 117 heavy (non-hydrogen) atoms. The van der Waals surface area contributed by atoms with Crippen LogP contribution in [0.5, 0.6) is 0 Å². The molecule has 0 N–H and O–H groups in total. The van der Waals surface area contributed by atoms with Crippen LogP contribution in [-0.2, 0) is 19.3 Å². The average Bonchev–Trinajstić information content (AvgIpc) is 1.64. The minimum Gasteiger partial charge on any atom is -0.172 e. The number of rotatable bonds is 33. The highest BCUT2D eigenvalue weighted by molar-refractivity contribution is 7.28. The van der Waals surface area contributed by atoms with E-state index < -0.39 is 0 Å². The van der Waals surface area contributed by atoms with E-state index >= 15 is 0 Å². The van der Waals surface area contributed by atoms with Crippen molar-refractivity contribution >= 4 is 204 Å². The maximum Gasteiger partial charge on any atom is 0.114 e. The second-order valence-corrected chi connectivity index (χ2v) is 45.1. The predicted octanol–water partition coefficient (Wildman–Crippen LogP) is 35.7. The van der Waals surface area contributed by atoms with Crippen LogP contribution >= 0.6 is 171 Å². The molecule has 0 bridgehead atoms. The number of hydrogen-bond donors (Lipinski definition) is 0. The predicted molar refractivity (Wildman–Crippen MR) is 526 cm³/mol. The first-order valence-electron chi connectivity index (χ1n) is 40.7. The second-order valence-electron chi connectivity index (χ2n) is 30.3. The van der Waals surface area contributed by atoms with Crippen molar-refractivity contribution in [2.75, 3.05) is 0 Å². The molecule has 588 valence electrons. The van der Waals surface area contributed by atoms with Gasteiger partial charge >= 0.3 is 0 Å². The molecule has 0 fully saturated rings. The number of unbranched alkanes of at least 4 members (excludes halogenated alkanes) is 3. The summed E-state index contributed by atoms with van der Waals surface area (Å²) in [5, 5.41) is 0. The van der Waals surface area contributed by atoms with Gasteiger partial charge in [0.1, 0.15) is 33.1 Å². The molecule has 0 saturated carbocycles. The molecular weight excluding hydrogens is 1720 g/mol. The molecule has 15 aromatic heterocycles. The highest BCUT2D eigenvalue weighted by Crippen LogP contribution is 2.52. The monoisotopic (exact) mass is 1800 g/mol. The Balaban J connectivity index is 0.600. The van der Waals surface area contributed by atoms with Crippen LogP contribution in [0.2, 0.25) is 0 Å². The van der Waals surface area contributed by atoms with Crippen molar-refractivity contribution < 1.29 is 0 Å². The van der Waals surface area contributed by atoms with Gasteiger partial charge in [0.05, 0.1) is 35.2 Å². The van der Waals surface area contributed by atoms with Crippen molar-refractivity contribution in [2.45, 2.75) is 138 Å². The van der Waals surface area contributed by atoms with Gasteiger partial charge in [0.25, 0.3) is 0 Å². The first-order valence-corrected chi connectivity index (χ1v) is 52.7. The van der Waals surface area contributed by atoms with Gasteiger partial charge in [-0.2, -0.15) is 26.2 Å². The van der Waals surface area contributed by atoms with Crippen molar-refractivity contribution in [3.63, 3.8) is 0 Å². The highest BCUT2D eigenvalue weighted by atomic mass is 32.2. The Labute approximate surface area is 745 Å². The third-order valence-electron chi connectivity index (χ3n) is 22.6. The number of fused-ring (bicyclic) bond motifs is 3. The third-order valence-corrected chi connectivity index (χ3v) is 38.8. The van der Waals surface area contributed by atoms with Gasteiger partial charge in [-0.1, -0.05) is 155 Å². The molecule has 3 atom stereocenters. The molecular formula is C96H84N6S15. The molecule has 0 radical (unpaired) electrons. The number of aromatic nitrogens is 6. The van der Waals surface area contributed by atoms with E-state index in [1.807, 2.05) is 136 Å². The Kier molecular flexibility index (Phi) is 24.3. The summed E-state index contributed by atoms with van der Waals surface area (Å²) >= 11 is 26.5. The highest BCUT2D eigenvalue weighted by Gasteiger charge is 2.25. The van der Waals surface area contributed by atoms with E-state index in [-0.39, 0.29) is 0 Å². The normalized spacial score (nSPS) is 12.8. The maximum absolute atomic E-state index is 4.98. The average molecular weight is 1800 g/mol. The summed E-state index contributed by atoms with van der Waals surface area (Å²) in [6, 6.07) is 76.3. The maximum atomic E-state index is 4.98. The summed E-state index contributed by atoms with van der Waals surface area (Å²) in [7, 11) is 0. The van der Waals surface area contributed by atoms with Crippen LogP contribution < -0.4 is 0 Å². The van der Waals surface area contributed by atoms with E-state index in [0.717, 1.165) is 84.2 Å². The first kappa shape index (κ1) is 79.5. The number of thiophene rings is 12. The fourth-order valence-corrected chi connectivity index (χ4v) is 30.8. The van der Waals surface area contributed by atoms with Crippen LogP contribution in [0.4, 0.5) is 0 Å². The standard InChI is InChI=1S/C96H84N6S15/c1-7-13-16-55(10-4)49-61-19-28-79(103-61)82-43-34-73(109-82)64-22-25-67(94-91(64)97-115-100-94)76-37-46-88(112-76)85-40-31-70(106-85)58-52-59(71-32-41-86(107-71)89-47-38-77(113-89)68-26-23-65(92-95(68)101-116-98-92)74-35-44-83(110-74)80-29-20-62(104-80)50-56(11-5)17-14-8-2)54-60(53-58)72-33-42-87(108-72)90-48-39-78(114-90)69-27-24-66(93-96(69)102-117-99-93)75-36-45-84(111-75)81-30-21-63(105-81)51-57(12-6)18-15-9-3/h19-48,52-57H,7-18,49-51H2,1-6H3. The second kappa shape index (κ2) is 35.8. The molecule has 4 aromatic carbocycles. The topological polar surface area (TPSA) is 77.3 Å². The number of nitrogens with zero attached hydrogens (tertiary/aromatic N) is 6. The van der Waals surface area contributed by atoms with E-state index in [1.54, 1.807) is 0 Å². The van der Waals surface area contributed by atoms with E-state index in [1.165, 1.54) is 265 Å². The Morgan fingerprint density at radius 2 is 0.385 bits per heavy atom. The van der Waals surface area contributed by atoms with E-state index in [0.29, 0.717) is 0 Å². The van der Waals surface area contributed by atoms with Gasteiger partial charge in [-0.05, 0) is 217 Å². The van der Waals surface area contributed by atoms with Gasteiger partial charge in [0.2, 0.25) is 0 Å². The van der Waals surface area contributed by atoms with Gasteiger partial charge in [-0.3, -0.25) is 0 Å². The Bertz CT molecular complexity index is 6000. The molecule has 15 heterocycles. The smallest absolute Gasteiger partial charge is 0.114 e. The van der Waals surface area contributed by atoms with Gasteiger partial charge in [0, 0.05) is 150 Å². The summed E-state index contributed by atoms with van der Waals surface area (Å²) in [6.07, 6.45) is 18.9. The molecule has 0 amide bonds. The van der Waals surface area contributed by atoms with Crippen LogP contribution in [0.15, 0.2) is 200 Å². The van der Waals surface area contributed by atoms with Crippen LogP contribution in [0, 0.1) is 17.8 Å². The summed E-state index contributed by atoms with van der Waals surface area (Å²) in [4.78, 5) is 30.9. The molecule has 19 rings (SSSR count). The minimum absolute atomic E-state index is 0.757. The summed E-state index contributed by atoms with van der Waals surface area (Å²) in [6.45, 7) is 13.9. The molecule has 0 aliphatic rings. The molecule has 0 aliphatic carbocycles. The first-order chi connectivity index (χ1) is 57.6. The van der Waals surface area contributed by atoms with Gasteiger partial charge in [0.15, 0.2) is 0 Å². The fraction of sp³-hybridized carbons (Fsp3) is 0.250. The number of benzene rings is 4. The largest absolute Gasteiger partial charge is 0.172 e. The van der Waals surface area contributed by atoms with Crippen molar-refractivity contribution in [1.29, 1.82) is 0 Å². The zero-order chi connectivity index (χ0) is 79.0. The van der Waals surface area contributed by atoms with E-state index in [2.05, 4.69) is 242 Å². The molecule has 0 aliphatic heterocycles. The lowest BCUT2D eigenvalue weighted by atomic mass is 9.95. The molecule has 0 spiro atoms. The molecule has 3 unspecified atom stereocenters. The summed E-state index contributed by atoms with van der Waals surface area (Å²) < 4.78 is 29.8. The minimum atomic E-state index is 0.757. The van der Waals surface area contributed by atoms with E-state index in [4.69, 9.17) is 26.2 Å². The van der Waals surface area contributed by atoms with Gasteiger partial charge in [-0.25, -0.2) is 0 Å². The van der Waals surface area contributed by atoms with Crippen molar-refractivity contribution in [1.82, 2.24) is 26.2 Å². The molecule has 21 heteroatoms. The third kappa shape index (κ3) is 16.8. The lowest BCUT2D eigenvalue weighted by molar-refractivity contribution is 0.452. The molecule has 6 nitrogen and oxygen atoms in total. The summed E-state index contributed by atoms with van der Waals surface area (Å²) in [5.41, 5.74) is 16.3. The van der Waals surface area contributed by atoms with Crippen molar-refractivity contribution in [3.8, 4) is 152 Å². The van der Waals surface area contributed by atoms with Crippen LogP contribution in [-0.4, -0.2) is 26.2 Å². The zero-order valence-electron chi connectivity index (χ0n) is 65.7. The molecule has 19 aromatic rings. The molecule has 0 saturated heterocycles. The van der Waals surface area contributed by atoms with Crippen LogP contribution in [0.25, 0.3) is 186 Å². The quantitative estimate of drug-likeness (QED) is 0.0408. The van der Waals surface area contributed by atoms with Crippen molar-refractivity contribution in [3.05, 3.63) is 215 Å². The lowest BCUT2D eigenvalue weighted by Gasteiger charge is -2.12. The van der Waals surface area contributed by atoms with Crippen LogP contribution in [0.3, 0.4) is 0 Å². The Morgan fingerprint density at radius 3 is 0.590 bits per heavy atom. The van der Waals surface area contributed by atoms with E-state index in [9.17, 15) is 0 Å². The van der Waals surface area contributed by atoms with Gasteiger partial charge < -0.3 is 0 Å². The fourth-order valence-electron chi connectivity index (χ4n) is 16.0. The zero-order valence-corrected chi connectivity index (χ0v) is 77.9. The van der Waals surface area contributed by atoms with Crippen molar-refractivity contribution in [2.24, 2.45) is 17.8 Å². The Hall–Kier alpha value is -7.26. The lowest BCUT2D eigenvalue weighted by Crippen LogP contribution is -2.01. The Morgan fingerprint density at radius 1 is 0.205 bits per heavy atom. The summed E-state index contributed by atoms with van der Waals surface area (Å²) in [5.74, 6) is 2.27. The van der Waals surface area contributed by atoms with Gasteiger partial charge in [-0.15, -0.1) is 136 Å².